The van der Waals surface area contributed by atoms with Crippen LogP contribution in [0.1, 0.15) is 81.0 Å². The predicted octanol–water partition coefficient (Wildman–Crippen LogP) is 5.00. The normalized spacial score (nSPS) is 19.5. The van der Waals surface area contributed by atoms with Crippen LogP contribution in [0, 0.1) is 18.3 Å². The highest BCUT2D eigenvalue weighted by atomic mass is 16.2. The third-order valence-corrected chi connectivity index (χ3v) is 5.68. The van der Waals surface area contributed by atoms with Crippen LogP contribution < -0.4 is 5.32 Å². The zero-order chi connectivity index (χ0) is 20.0. The molecule has 4 heteroatoms. The molecule has 2 rings (SSSR count). The molecule has 3 N–H and O–H groups in total. The number of carbonyl (C=O) groups is 1. The maximum absolute atomic E-state index is 12.4. The van der Waals surface area contributed by atoms with Gasteiger partial charge in [-0.1, -0.05) is 32.9 Å². The average molecular weight is 373 g/mol. The Morgan fingerprint density at radius 3 is 2.78 bits per heavy atom. The van der Waals surface area contributed by atoms with Gasteiger partial charge in [0.15, 0.2) is 0 Å². The Hall–Kier alpha value is -1.81. The first-order valence-electron chi connectivity index (χ1n) is 10.2. The number of hydrogen-bond acceptors (Lipinski definition) is 2. The molecule has 1 aromatic heterocycles. The highest BCUT2D eigenvalue weighted by molar-refractivity contribution is 5.93. The minimum absolute atomic E-state index is 0.0678. The third-order valence-electron chi connectivity index (χ3n) is 5.68. The number of aromatic nitrogens is 1. The first-order chi connectivity index (χ1) is 12.7. The van der Waals surface area contributed by atoms with Crippen molar-refractivity contribution < 1.29 is 9.90 Å². The van der Waals surface area contributed by atoms with Crippen LogP contribution >= 0.6 is 0 Å². The number of hydrogen-bond donors (Lipinski definition) is 3. The molecule has 1 amide bonds. The molecule has 1 heterocycles. The summed E-state index contributed by atoms with van der Waals surface area (Å²) in [5.41, 5.74) is 5.52. The number of unbranched alkanes of at least 4 members (excludes halogenated alkanes) is 2. The van der Waals surface area contributed by atoms with E-state index in [4.69, 9.17) is 5.11 Å². The molecule has 1 saturated carbocycles. The average Bonchev–Trinajstić information content (AvgIpc) is 2.96. The van der Waals surface area contributed by atoms with Gasteiger partial charge in [-0.2, -0.15) is 0 Å². The molecule has 150 valence electrons. The number of aliphatic hydroxyl groups is 1. The van der Waals surface area contributed by atoms with E-state index in [1.54, 1.807) is 0 Å². The second kappa shape index (κ2) is 9.41. The summed E-state index contributed by atoms with van der Waals surface area (Å²) in [6, 6.07) is 1.92. The summed E-state index contributed by atoms with van der Waals surface area (Å²) in [5, 5.41) is 11.7. The second-order valence-electron chi connectivity index (χ2n) is 8.90. The van der Waals surface area contributed by atoms with Crippen LogP contribution in [0.15, 0.2) is 23.8 Å². The lowest BCUT2D eigenvalue weighted by Crippen LogP contribution is -2.25. The predicted molar refractivity (Wildman–Crippen MR) is 113 cm³/mol. The van der Waals surface area contributed by atoms with Gasteiger partial charge in [-0.05, 0) is 80.1 Å². The van der Waals surface area contributed by atoms with E-state index in [1.165, 1.54) is 17.6 Å². The van der Waals surface area contributed by atoms with Crippen molar-refractivity contribution >= 4 is 12.0 Å². The lowest BCUT2D eigenvalue weighted by Gasteiger charge is -2.36. The number of nitrogens with one attached hydrogen (secondary N) is 2. The van der Waals surface area contributed by atoms with Gasteiger partial charge in [0.1, 0.15) is 5.69 Å². The molecule has 1 atom stereocenters. The maximum atomic E-state index is 12.4. The van der Waals surface area contributed by atoms with Gasteiger partial charge in [0, 0.05) is 18.8 Å². The summed E-state index contributed by atoms with van der Waals surface area (Å²) in [6.45, 7) is 14.1. The molecule has 1 unspecified atom stereocenters. The molecule has 1 aliphatic carbocycles. The monoisotopic (exact) mass is 372 g/mol. The van der Waals surface area contributed by atoms with Crippen LogP contribution in [-0.4, -0.2) is 29.1 Å². The Balaban J connectivity index is 2.05. The molecular weight excluding hydrogens is 336 g/mol. The van der Waals surface area contributed by atoms with E-state index < -0.39 is 0 Å². The molecule has 0 aliphatic heterocycles. The summed E-state index contributed by atoms with van der Waals surface area (Å²) in [4.78, 5) is 15.6. The van der Waals surface area contributed by atoms with Gasteiger partial charge in [-0.25, -0.2) is 0 Å². The van der Waals surface area contributed by atoms with Gasteiger partial charge in [-0.15, -0.1) is 0 Å². The van der Waals surface area contributed by atoms with Crippen LogP contribution in [0.3, 0.4) is 0 Å². The van der Waals surface area contributed by atoms with E-state index in [2.05, 4.69) is 43.7 Å². The van der Waals surface area contributed by atoms with Crippen molar-refractivity contribution in [3.05, 3.63) is 40.7 Å². The summed E-state index contributed by atoms with van der Waals surface area (Å²) in [7, 11) is 0. The topological polar surface area (TPSA) is 65.1 Å². The number of rotatable bonds is 7. The molecule has 0 saturated heterocycles. The van der Waals surface area contributed by atoms with Gasteiger partial charge in [0.05, 0.1) is 0 Å². The molecule has 1 aliphatic rings. The molecule has 4 nitrogen and oxygen atoms in total. The lowest BCUT2D eigenvalue weighted by atomic mass is 9.69. The zero-order valence-electron chi connectivity index (χ0n) is 17.5. The number of aromatic amines is 1. The Morgan fingerprint density at radius 1 is 1.37 bits per heavy atom. The molecule has 1 aromatic rings. The first-order valence-corrected chi connectivity index (χ1v) is 10.2. The van der Waals surface area contributed by atoms with Crippen molar-refractivity contribution in [3.63, 3.8) is 0 Å². The van der Waals surface area contributed by atoms with E-state index in [9.17, 15) is 4.79 Å². The smallest absolute Gasteiger partial charge is 0.267 e. The van der Waals surface area contributed by atoms with E-state index in [1.807, 2.05) is 13.0 Å². The van der Waals surface area contributed by atoms with Crippen LogP contribution in [0.5, 0.6) is 0 Å². The Morgan fingerprint density at radius 2 is 2.11 bits per heavy atom. The van der Waals surface area contributed by atoms with Crippen LogP contribution in [-0.2, 0) is 0 Å². The fourth-order valence-electron chi connectivity index (χ4n) is 3.65. The number of aryl methyl sites for hydroxylation is 1. The van der Waals surface area contributed by atoms with E-state index >= 15 is 0 Å². The number of aliphatic hydroxyl groups excluding tert-OH is 1. The van der Waals surface area contributed by atoms with Gasteiger partial charge < -0.3 is 15.4 Å². The van der Waals surface area contributed by atoms with E-state index in [0.29, 0.717) is 23.6 Å². The quantitative estimate of drug-likeness (QED) is 0.590. The highest BCUT2D eigenvalue weighted by Gasteiger charge is 2.29. The van der Waals surface area contributed by atoms with Crippen LogP contribution in [0.4, 0.5) is 0 Å². The number of carbonyl (C=O) groups excluding carboxylic acids is 1. The standard InChI is InChI=1S/C23H36N2O2/c1-16-9-10-19(23(3,4)5)14-18(16)15-20-17(2)13-21(25-20)22(27)24-11-7-6-8-12-26/h13,15,19,25-26H,1,6-12,14H2,2-5H3,(H,24,27)/b18-15-. The number of allylic oxidation sites excluding steroid dienone is 2. The molecule has 1 fully saturated rings. The zero-order valence-corrected chi connectivity index (χ0v) is 17.5. The summed E-state index contributed by atoms with van der Waals surface area (Å²) >= 11 is 0. The number of amides is 1. The highest BCUT2D eigenvalue weighted by Crippen LogP contribution is 2.42. The summed E-state index contributed by atoms with van der Waals surface area (Å²) in [6.07, 6.45) is 8.09. The largest absolute Gasteiger partial charge is 0.396 e. The van der Waals surface area contributed by atoms with Crippen LogP contribution in [0.25, 0.3) is 6.08 Å². The minimum Gasteiger partial charge on any atom is -0.396 e. The minimum atomic E-state index is -0.0678. The van der Waals surface area contributed by atoms with E-state index in [0.717, 1.165) is 43.4 Å². The molecule has 0 spiro atoms. The Bertz CT molecular complexity index is 692. The second-order valence-corrected chi connectivity index (χ2v) is 8.90. The van der Waals surface area contributed by atoms with Crippen molar-refractivity contribution in [2.75, 3.05) is 13.2 Å². The maximum Gasteiger partial charge on any atom is 0.267 e. The Labute approximate surface area is 164 Å². The van der Waals surface area contributed by atoms with Gasteiger partial charge in [0.2, 0.25) is 0 Å². The third kappa shape index (κ3) is 6.10. The first kappa shape index (κ1) is 21.5. The number of H-pyrrole nitrogens is 1. The van der Waals surface area contributed by atoms with Crippen molar-refractivity contribution in [3.8, 4) is 0 Å². The summed E-state index contributed by atoms with van der Waals surface area (Å²) < 4.78 is 0. The molecule has 0 aromatic carbocycles. The van der Waals surface area contributed by atoms with Crippen molar-refractivity contribution in [2.45, 2.75) is 66.2 Å². The summed E-state index contributed by atoms with van der Waals surface area (Å²) in [5.74, 6) is 0.591. The lowest BCUT2D eigenvalue weighted by molar-refractivity contribution is 0.0948. The van der Waals surface area contributed by atoms with Crippen LogP contribution in [0.2, 0.25) is 0 Å². The molecule has 0 bridgehead atoms. The van der Waals surface area contributed by atoms with E-state index in [-0.39, 0.29) is 12.5 Å². The SMILES string of the molecule is C=C1CCC(C(C)(C)C)C/C1=C/c1[nH]c(C(=O)NCCCCCO)cc1C. The van der Waals surface area contributed by atoms with Gasteiger partial charge in [-0.3, -0.25) is 4.79 Å². The molecule has 0 radical (unpaired) electrons. The molecular formula is C23H36N2O2. The van der Waals surface area contributed by atoms with Gasteiger partial charge >= 0.3 is 0 Å². The van der Waals surface area contributed by atoms with Crippen molar-refractivity contribution in [2.24, 2.45) is 11.3 Å². The van der Waals surface area contributed by atoms with Gasteiger partial charge in [0.25, 0.3) is 5.91 Å². The fraction of sp³-hybridized carbons (Fsp3) is 0.609. The van der Waals surface area contributed by atoms with Crippen molar-refractivity contribution in [1.29, 1.82) is 0 Å². The Kier molecular flexibility index (Phi) is 7.49. The fourth-order valence-corrected chi connectivity index (χ4v) is 3.65. The van der Waals surface area contributed by atoms with Crippen molar-refractivity contribution in [1.82, 2.24) is 10.3 Å². The molecule has 27 heavy (non-hydrogen) atoms.